The van der Waals surface area contributed by atoms with Gasteiger partial charge in [0, 0.05) is 0 Å². The minimum absolute atomic E-state index is 0.0570. The first-order valence-electron chi connectivity index (χ1n) is 4.62. The fourth-order valence-corrected chi connectivity index (χ4v) is 2.10. The molecule has 0 amide bonds. The first kappa shape index (κ1) is 12.7. The van der Waals surface area contributed by atoms with Gasteiger partial charge in [-0.1, -0.05) is 12.1 Å². The van der Waals surface area contributed by atoms with Gasteiger partial charge >= 0.3 is 5.97 Å². The topological polar surface area (TPSA) is 80.7 Å². The standard InChI is InChI=1S/C10H12O5S/c1-2-15-10(12)8-5-3-4-6-9(8)16(13,14)7-11/h3-6,11H,2,7H2,1H3. The molecule has 1 rings (SSSR count). The zero-order chi connectivity index (χ0) is 12.2. The number of sulfone groups is 1. The Kier molecular flexibility index (Phi) is 4.03. The van der Waals surface area contributed by atoms with Crippen LogP contribution in [0.3, 0.4) is 0 Å². The van der Waals surface area contributed by atoms with Gasteiger partial charge in [-0.05, 0) is 19.1 Å². The average Bonchev–Trinajstić information content (AvgIpc) is 2.29. The van der Waals surface area contributed by atoms with Crippen LogP contribution in [-0.4, -0.2) is 32.0 Å². The number of hydrogen-bond acceptors (Lipinski definition) is 5. The second-order valence-electron chi connectivity index (χ2n) is 2.96. The van der Waals surface area contributed by atoms with Crippen molar-refractivity contribution >= 4 is 15.8 Å². The van der Waals surface area contributed by atoms with Gasteiger partial charge in [-0.3, -0.25) is 0 Å². The Hall–Kier alpha value is -1.40. The Bertz CT molecular complexity index is 478. The summed E-state index contributed by atoms with van der Waals surface area (Å²) in [5.41, 5.74) is -0.0570. The van der Waals surface area contributed by atoms with Crippen molar-refractivity contribution < 1.29 is 23.1 Å². The second-order valence-corrected chi connectivity index (χ2v) is 4.89. The minimum Gasteiger partial charge on any atom is -0.462 e. The molecule has 16 heavy (non-hydrogen) atoms. The first-order valence-corrected chi connectivity index (χ1v) is 6.28. The van der Waals surface area contributed by atoms with Crippen LogP contribution in [0.5, 0.6) is 0 Å². The summed E-state index contributed by atoms with van der Waals surface area (Å²) in [6.45, 7) is 1.79. The lowest BCUT2D eigenvalue weighted by Gasteiger charge is -2.07. The average molecular weight is 244 g/mol. The lowest BCUT2D eigenvalue weighted by molar-refractivity contribution is 0.0522. The van der Waals surface area contributed by atoms with Gasteiger partial charge in [0.05, 0.1) is 17.1 Å². The summed E-state index contributed by atoms with van der Waals surface area (Å²) in [5, 5.41) is 8.74. The van der Waals surface area contributed by atoms with Crippen molar-refractivity contribution in [1.29, 1.82) is 0 Å². The molecule has 0 unspecified atom stereocenters. The van der Waals surface area contributed by atoms with Crippen LogP contribution in [0.2, 0.25) is 0 Å². The molecule has 6 heteroatoms. The van der Waals surface area contributed by atoms with Gasteiger partial charge in [0.25, 0.3) is 0 Å². The highest BCUT2D eigenvalue weighted by molar-refractivity contribution is 7.91. The summed E-state index contributed by atoms with van der Waals surface area (Å²) in [5.74, 6) is -1.75. The zero-order valence-electron chi connectivity index (χ0n) is 8.71. The number of esters is 1. The van der Waals surface area contributed by atoms with Gasteiger partial charge in [-0.25, -0.2) is 13.2 Å². The molecule has 0 aliphatic rings. The van der Waals surface area contributed by atoms with Crippen LogP contribution in [0.1, 0.15) is 17.3 Å². The molecule has 0 saturated carbocycles. The number of aliphatic hydroxyl groups is 1. The van der Waals surface area contributed by atoms with Crippen LogP contribution in [0, 0.1) is 0 Å². The number of carbonyl (C=O) groups is 1. The van der Waals surface area contributed by atoms with E-state index in [4.69, 9.17) is 9.84 Å². The van der Waals surface area contributed by atoms with E-state index in [9.17, 15) is 13.2 Å². The van der Waals surface area contributed by atoms with E-state index >= 15 is 0 Å². The molecular weight excluding hydrogens is 232 g/mol. The molecule has 0 heterocycles. The molecule has 5 nitrogen and oxygen atoms in total. The fraction of sp³-hybridized carbons (Fsp3) is 0.300. The van der Waals surface area contributed by atoms with Crippen LogP contribution < -0.4 is 0 Å². The van der Waals surface area contributed by atoms with Crippen molar-refractivity contribution in [3.8, 4) is 0 Å². The lowest BCUT2D eigenvalue weighted by Crippen LogP contribution is -2.14. The van der Waals surface area contributed by atoms with Crippen LogP contribution in [-0.2, 0) is 14.6 Å². The van der Waals surface area contributed by atoms with Gasteiger partial charge in [0.2, 0.25) is 9.84 Å². The minimum atomic E-state index is -3.84. The number of ether oxygens (including phenoxy) is 1. The molecule has 0 saturated heterocycles. The highest BCUT2D eigenvalue weighted by Gasteiger charge is 2.21. The lowest BCUT2D eigenvalue weighted by atomic mass is 10.2. The van der Waals surface area contributed by atoms with Crippen molar-refractivity contribution in [3.63, 3.8) is 0 Å². The largest absolute Gasteiger partial charge is 0.462 e. The van der Waals surface area contributed by atoms with E-state index in [0.29, 0.717) is 0 Å². The zero-order valence-corrected chi connectivity index (χ0v) is 9.53. The summed E-state index contributed by atoms with van der Waals surface area (Å²) in [4.78, 5) is 11.2. The summed E-state index contributed by atoms with van der Waals surface area (Å²) in [6, 6.07) is 5.62. The predicted molar refractivity (Wildman–Crippen MR) is 56.7 cm³/mol. The van der Waals surface area contributed by atoms with Crippen LogP contribution in [0.4, 0.5) is 0 Å². The van der Waals surface area contributed by atoms with E-state index in [2.05, 4.69) is 0 Å². The number of aliphatic hydroxyl groups excluding tert-OH is 1. The van der Waals surface area contributed by atoms with Gasteiger partial charge in [-0.15, -0.1) is 0 Å². The van der Waals surface area contributed by atoms with E-state index in [1.54, 1.807) is 6.92 Å². The molecular formula is C10H12O5S. The first-order chi connectivity index (χ1) is 7.53. The molecule has 0 aliphatic carbocycles. The maximum absolute atomic E-state index is 11.5. The highest BCUT2D eigenvalue weighted by atomic mass is 32.2. The van der Waals surface area contributed by atoms with Gasteiger partial charge in [0.15, 0.2) is 0 Å². The van der Waals surface area contributed by atoms with Gasteiger partial charge in [0.1, 0.15) is 5.94 Å². The Morgan fingerprint density at radius 1 is 1.38 bits per heavy atom. The second kappa shape index (κ2) is 5.09. The third kappa shape index (κ3) is 2.59. The van der Waals surface area contributed by atoms with Crippen molar-refractivity contribution in [3.05, 3.63) is 29.8 Å². The van der Waals surface area contributed by atoms with Crippen molar-refractivity contribution in [2.75, 3.05) is 12.5 Å². The van der Waals surface area contributed by atoms with Crippen molar-refractivity contribution in [2.45, 2.75) is 11.8 Å². The third-order valence-electron chi connectivity index (χ3n) is 1.89. The molecule has 0 spiro atoms. The SMILES string of the molecule is CCOC(=O)c1ccccc1S(=O)(=O)CO. The maximum Gasteiger partial charge on any atom is 0.339 e. The van der Waals surface area contributed by atoms with Gasteiger partial charge in [-0.2, -0.15) is 0 Å². The third-order valence-corrected chi connectivity index (χ3v) is 3.25. The van der Waals surface area contributed by atoms with E-state index < -0.39 is 21.7 Å². The molecule has 1 N–H and O–H groups in total. The van der Waals surface area contributed by atoms with Crippen LogP contribution >= 0.6 is 0 Å². The van der Waals surface area contributed by atoms with E-state index in [1.165, 1.54) is 24.3 Å². The van der Waals surface area contributed by atoms with Gasteiger partial charge < -0.3 is 9.84 Å². The summed E-state index contributed by atoms with van der Waals surface area (Å²) in [7, 11) is -3.84. The van der Waals surface area contributed by atoms with E-state index in [-0.39, 0.29) is 17.1 Å². The van der Waals surface area contributed by atoms with E-state index in [0.717, 1.165) is 0 Å². The van der Waals surface area contributed by atoms with E-state index in [1.807, 2.05) is 0 Å². The molecule has 1 aromatic carbocycles. The molecule has 0 radical (unpaired) electrons. The predicted octanol–water partition coefficient (Wildman–Crippen LogP) is 0.587. The molecule has 88 valence electrons. The maximum atomic E-state index is 11.5. The highest BCUT2D eigenvalue weighted by Crippen LogP contribution is 2.17. The molecule has 1 aromatic rings. The Balaban J connectivity index is 3.26. The molecule has 0 aliphatic heterocycles. The summed E-state index contributed by atoms with van der Waals surface area (Å²) in [6.07, 6.45) is 0. The molecule has 0 bridgehead atoms. The van der Waals surface area contributed by atoms with Crippen molar-refractivity contribution in [1.82, 2.24) is 0 Å². The summed E-state index contributed by atoms with van der Waals surface area (Å²) >= 11 is 0. The Morgan fingerprint density at radius 2 is 2.00 bits per heavy atom. The normalized spacial score (nSPS) is 11.1. The fourth-order valence-electron chi connectivity index (χ4n) is 1.18. The van der Waals surface area contributed by atoms with Crippen LogP contribution in [0.25, 0.3) is 0 Å². The number of benzene rings is 1. The van der Waals surface area contributed by atoms with Crippen molar-refractivity contribution in [2.24, 2.45) is 0 Å². The number of carbonyl (C=O) groups excluding carboxylic acids is 1. The van der Waals surface area contributed by atoms with Crippen LogP contribution in [0.15, 0.2) is 29.2 Å². The summed E-state index contributed by atoms with van der Waals surface area (Å²) < 4.78 is 27.7. The smallest absolute Gasteiger partial charge is 0.339 e. The molecule has 0 fully saturated rings. The molecule has 0 atom stereocenters. The monoisotopic (exact) mass is 244 g/mol. The number of hydrogen-bond donors (Lipinski definition) is 1. The Morgan fingerprint density at radius 3 is 2.56 bits per heavy atom. The molecule has 0 aromatic heterocycles. The Labute approximate surface area is 93.6 Å². The quantitative estimate of drug-likeness (QED) is 0.784. The number of rotatable bonds is 4.